The first-order valence-corrected chi connectivity index (χ1v) is 6.94. The smallest absolute Gasteiger partial charge is 0.160 e. The number of aromatic nitrogens is 3. The lowest BCUT2D eigenvalue weighted by Gasteiger charge is -2.07. The summed E-state index contributed by atoms with van der Waals surface area (Å²) in [6.07, 6.45) is 7.21. The molecular weight excluding hydrogens is 224 g/mol. The van der Waals surface area contributed by atoms with Gasteiger partial charge in [-0.05, 0) is 50.3 Å². The van der Waals surface area contributed by atoms with Gasteiger partial charge in [-0.2, -0.15) is 0 Å². The Bertz CT molecular complexity index is 566. The summed E-state index contributed by atoms with van der Waals surface area (Å²) in [5.74, 6) is 2.08. The summed E-state index contributed by atoms with van der Waals surface area (Å²) in [5, 5.41) is 3.54. The summed E-state index contributed by atoms with van der Waals surface area (Å²) in [7, 11) is 0. The van der Waals surface area contributed by atoms with E-state index < -0.39 is 0 Å². The number of imidazole rings is 1. The van der Waals surface area contributed by atoms with Crippen LogP contribution in [0, 0.1) is 5.92 Å². The topological polar surface area (TPSA) is 42.7 Å². The molecule has 1 N–H and O–H groups in total. The summed E-state index contributed by atoms with van der Waals surface area (Å²) in [6, 6.07) is 4.67. The molecule has 2 aliphatic carbocycles. The monoisotopic (exact) mass is 242 g/mol. The Balaban J connectivity index is 1.62. The summed E-state index contributed by atoms with van der Waals surface area (Å²) >= 11 is 0. The highest BCUT2D eigenvalue weighted by molar-refractivity contribution is 5.71. The first kappa shape index (κ1) is 10.5. The molecule has 0 aliphatic heterocycles. The van der Waals surface area contributed by atoms with Gasteiger partial charge in [0.15, 0.2) is 5.65 Å². The van der Waals surface area contributed by atoms with Crippen molar-refractivity contribution >= 4 is 11.2 Å². The average Bonchev–Trinajstić information content (AvgIpc) is 3.28. The summed E-state index contributed by atoms with van der Waals surface area (Å²) in [4.78, 5) is 9.22. The first-order valence-electron chi connectivity index (χ1n) is 6.94. The Kier molecular flexibility index (Phi) is 2.36. The molecule has 4 nitrogen and oxygen atoms in total. The minimum Gasteiger partial charge on any atom is -0.310 e. The molecule has 0 aromatic carbocycles. The molecule has 4 heteroatoms. The Morgan fingerprint density at radius 3 is 2.94 bits per heavy atom. The van der Waals surface area contributed by atoms with Crippen molar-refractivity contribution in [2.24, 2.45) is 5.92 Å². The zero-order chi connectivity index (χ0) is 11.9. The van der Waals surface area contributed by atoms with E-state index in [0.717, 1.165) is 36.0 Å². The molecule has 2 aliphatic rings. The zero-order valence-corrected chi connectivity index (χ0v) is 10.5. The largest absolute Gasteiger partial charge is 0.310 e. The van der Waals surface area contributed by atoms with Crippen LogP contribution in [-0.4, -0.2) is 21.1 Å². The van der Waals surface area contributed by atoms with Crippen LogP contribution in [0.3, 0.4) is 0 Å². The van der Waals surface area contributed by atoms with Gasteiger partial charge in [-0.15, -0.1) is 0 Å². The molecule has 0 atom stereocenters. The molecule has 2 heterocycles. The molecule has 2 aromatic rings. The fourth-order valence-electron chi connectivity index (χ4n) is 2.53. The van der Waals surface area contributed by atoms with Crippen LogP contribution in [0.2, 0.25) is 0 Å². The van der Waals surface area contributed by atoms with Crippen molar-refractivity contribution in [3.8, 4) is 0 Å². The maximum Gasteiger partial charge on any atom is 0.160 e. The molecule has 2 saturated carbocycles. The predicted molar refractivity (Wildman–Crippen MR) is 70.2 cm³/mol. The van der Waals surface area contributed by atoms with Gasteiger partial charge in [0, 0.05) is 12.2 Å². The SMILES string of the molecule is c1cnc2c(c1)nc(CNCC1CC1)n2C1CC1. The summed E-state index contributed by atoms with van der Waals surface area (Å²) in [5.41, 5.74) is 2.09. The number of nitrogens with zero attached hydrogens (tertiary/aromatic N) is 3. The fourth-order valence-corrected chi connectivity index (χ4v) is 2.53. The number of fused-ring (bicyclic) bond motifs is 1. The molecule has 18 heavy (non-hydrogen) atoms. The van der Waals surface area contributed by atoms with Gasteiger partial charge in [0.2, 0.25) is 0 Å². The van der Waals surface area contributed by atoms with E-state index in [1.807, 2.05) is 12.3 Å². The van der Waals surface area contributed by atoms with Gasteiger partial charge in [0.05, 0.1) is 6.54 Å². The quantitative estimate of drug-likeness (QED) is 0.874. The van der Waals surface area contributed by atoms with Crippen molar-refractivity contribution in [1.82, 2.24) is 19.9 Å². The van der Waals surface area contributed by atoms with Crippen molar-refractivity contribution in [3.63, 3.8) is 0 Å². The Labute approximate surface area is 106 Å². The normalized spacial score (nSPS) is 19.6. The molecule has 0 radical (unpaired) electrons. The Hall–Kier alpha value is -1.42. The summed E-state index contributed by atoms with van der Waals surface area (Å²) < 4.78 is 2.34. The van der Waals surface area contributed by atoms with Gasteiger partial charge in [-0.25, -0.2) is 9.97 Å². The van der Waals surface area contributed by atoms with Crippen LogP contribution in [-0.2, 0) is 6.54 Å². The van der Waals surface area contributed by atoms with E-state index in [4.69, 9.17) is 4.98 Å². The highest BCUT2D eigenvalue weighted by Gasteiger charge is 2.28. The van der Waals surface area contributed by atoms with E-state index in [0.29, 0.717) is 6.04 Å². The number of nitrogens with one attached hydrogen (secondary N) is 1. The van der Waals surface area contributed by atoms with E-state index in [1.54, 1.807) is 0 Å². The van der Waals surface area contributed by atoms with E-state index in [-0.39, 0.29) is 0 Å². The van der Waals surface area contributed by atoms with Crippen molar-refractivity contribution in [1.29, 1.82) is 0 Å². The number of pyridine rings is 1. The van der Waals surface area contributed by atoms with Crippen molar-refractivity contribution in [3.05, 3.63) is 24.2 Å². The molecule has 0 amide bonds. The van der Waals surface area contributed by atoms with E-state index >= 15 is 0 Å². The second-order valence-electron chi connectivity index (χ2n) is 5.55. The molecule has 0 spiro atoms. The molecular formula is C14H18N4. The Morgan fingerprint density at radius 1 is 1.28 bits per heavy atom. The lowest BCUT2D eigenvalue weighted by molar-refractivity contribution is 0.588. The van der Waals surface area contributed by atoms with Crippen LogP contribution < -0.4 is 5.32 Å². The van der Waals surface area contributed by atoms with Gasteiger partial charge in [0.25, 0.3) is 0 Å². The molecule has 0 bridgehead atoms. The number of hydrogen-bond donors (Lipinski definition) is 1. The Morgan fingerprint density at radius 2 is 2.17 bits per heavy atom. The van der Waals surface area contributed by atoms with Crippen LogP contribution in [0.15, 0.2) is 18.3 Å². The molecule has 94 valence electrons. The van der Waals surface area contributed by atoms with Gasteiger partial charge in [0.1, 0.15) is 11.3 Å². The third-order valence-electron chi connectivity index (χ3n) is 3.85. The molecule has 4 rings (SSSR count). The minimum absolute atomic E-state index is 0.641. The van der Waals surface area contributed by atoms with Crippen LogP contribution in [0.5, 0.6) is 0 Å². The van der Waals surface area contributed by atoms with E-state index in [1.165, 1.54) is 25.7 Å². The van der Waals surface area contributed by atoms with Crippen LogP contribution in [0.4, 0.5) is 0 Å². The fraction of sp³-hybridized carbons (Fsp3) is 0.571. The molecule has 0 unspecified atom stereocenters. The van der Waals surface area contributed by atoms with Gasteiger partial charge in [-0.3, -0.25) is 0 Å². The first-order chi connectivity index (χ1) is 8.92. The number of rotatable bonds is 5. The zero-order valence-electron chi connectivity index (χ0n) is 10.5. The minimum atomic E-state index is 0.641. The third-order valence-corrected chi connectivity index (χ3v) is 3.85. The lowest BCUT2D eigenvalue weighted by Crippen LogP contribution is -2.19. The van der Waals surface area contributed by atoms with Crippen LogP contribution in [0.25, 0.3) is 11.2 Å². The van der Waals surface area contributed by atoms with E-state index in [2.05, 4.69) is 20.9 Å². The van der Waals surface area contributed by atoms with Crippen molar-refractivity contribution in [2.45, 2.75) is 38.3 Å². The van der Waals surface area contributed by atoms with Crippen LogP contribution in [0.1, 0.15) is 37.5 Å². The molecule has 0 saturated heterocycles. The highest BCUT2D eigenvalue weighted by atomic mass is 15.2. The maximum absolute atomic E-state index is 4.73. The second-order valence-corrected chi connectivity index (χ2v) is 5.55. The van der Waals surface area contributed by atoms with Crippen LogP contribution >= 0.6 is 0 Å². The second kappa shape index (κ2) is 4.05. The predicted octanol–water partition coefficient (Wildman–Crippen LogP) is 2.27. The van der Waals surface area contributed by atoms with E-state index in [9.17, 15) is 0 Å². The lowest BCUT2D eigenvalue weighted by atomic mass is 10.4. The average molecular weight is 242 g/mol. The highest BCUT2D eigenvalue weighted by Crippen LogP contribution is 2.38. The third kappa shape index (κ3) is 1.90. The molecule has 2 fully saturated rings. The van der Waals surface area contributed by atoms with Gasteiger partial charge < -0.3 is 9.88 Å². The number of hydrogen-bond acceptors (Lipinski definition) is 3. The maximum atomic E-state index is 4.73. The molecule has 2 aromatic heterocycles. The van der Waals surface area contributed by atoms with Gasteiger partial charge >= 0.3 is 0 Å². The summed E-state index contributed by atoms with van der Waals surface area (Å²) in [6.45, 7) is 2.02. The van der Waals surface area contributed by atoms with Crippen molar-refractivity contribution in [2.75, 3.05) is 6.54 Å². The van der Waals surface area contributed by atoms with Gasteiger partial charge in [-0.1, -0.05) is 0 Å². The van der Waals surface area contributed by atoms with Crippen molar-refractivity contribution < 1.29 is 0 Å². The standard InChI is InChI=1S/C14H18N4/c1-2-12-14(16-7-1)18(11-5-6-11)13(17-12)9-15-8-10-3-4-10/h1-2,7,10-11,15H,3-6,8-9H2.